The summed E-state index contributed by atoms with van der Waals surface area (Å²) in [5.41, 5.74) is 1.25. The van der Waals surface area contributed by atoms with Crippen molar-refractivity contribution in [1.29, 1.82) is 0 Å². The third-order valence-corrected chi connectivity index (χ3v) is 2.71. The molecule has 1 aromatic rings. The van der Waals surface area contributed by atoms with Crippen molar-refractivity contribution >= 4 is 5.97 Å². The molecule has 0 aliphatic rings. The summed E-state index contributed by atoms with van der Waals surface area (Å²) < 4.78 is 5.63. The Morgan fingerprint density at radius 1 is 1.29 bits per heavy atom. The number of ether oxygens (including phenoxy) is 1. The van der Waals surface area contributed by atoms with Gasteiger partial charge in [0.25, 0.3) is 0 Å². The average Bonchev–Trinajstić information content (AvgIpc) is 2.28. The number of aliphatic carboxylic acids is 1. The summed E-state index contributed by atoms with van der Waals surface area (Å²) in [5.74, 6) is 0.406. The van der Waals surface area contributed by atoms with Gasteiger partial charge in [-0.25, -0.2) is 0 Å². The van der Waals surface area contributed by atoms with E-state index in [4.69, 9.17) is 9.84 Å². The van der Waals surface area contributed by atoms with Gasteiger partial charge in [0.1, 0.15) is 11.9 Å². The van der Waals surface area contributed by atoms with Crippen molar-refractivity contribution in [1.82, 2.24) is 0 Å². The van der Waals surface area contributed by atoms with E-state index < -0.39 is 5.97 Å². The van der Waals surface area contributed by atoms with Crippen molar-refractivity contribution in [3.8, 4) is 5.75 Å². The normalized spacial score (nSPS) is 12.5. The van der Waals surface area contributed by atoms with Crippen molar-refractivity contribution in [3.05, 3.63) is 29.8 Å². The van der Waals surface area contributed by atoms with Gasteiger partial charge >= 0.3 is 5.97 Å². The van der Waals surface area contributed by atoms with Crippen LogP contribution in [0.4, 0.5) is 0 Å². The second-order valence-corrected chi connectivity index (χ2v) is 4.47. The lowest BCUT2D eigenvalue weighted by Gasteiger charge is -2.16. The summed E-state index contributed by atoms with van der Waals surface area (Å²) in [5, 5.41) is 8.73. The minimum atomic E-state index is -0.823. The lowest BCUT2D eigenvalue weighted by molar-refractivity contribution is -0.138. The van der Waals surface area contributed by atoms with Crippen LogP contribution in [0, 0.1) is 0 Å². The molecule has 0 aliphatic heterocycles. The molecule has 3 heteroatoms. The maximum absolute atomic E-state index is 10.6. The first-order chi connectivity index (χ1) is 8.02. The molecule has 1 N–H and O–H groups in total. The fourth-order valence-electron chi connectivity index (χ4n) is 1.59. The van der Waals surface area contributed by atoms with Crippen LogP contribution in [0.2, 0.25) is 0 Å². The average molecular weight is 236 g/mol. The van der Waals surface area contributed by atoms with Crippen LogP contribution < -0.4 is 4.74 Å². The molecule has 17 heavy (non-hydrogen) atoms. The van der Waals surface area contributed by atoms with Crippen LogP contribution in [-0.2, 0) is 4.79 Å². The Morgan fingerprint density at radius 3 is 2.29 bits per heavy atom. The largest absolute Gasteiger partial charge is 0.490 e. The van der Waals surface area contributed by atoms with Crippen LogP contribution in [0.1, 0.15) is 45.1 Å². The van der Waals surface area contributed by atoms with Crippen LogP contribution in [0.3, 0.4) is 0 Å². The van der Waals surface area contributed by atoms with E-state index in [9.17, 15) is 4.79 Å². The van der Waals surface area contributed by atoms with E-state index in [1.807, 2.05) is 31.2 Å². The zero-order valence-electron chi connectivity index (χ0n) is 10.6. The van der Waals surface area contributed by atoms with E-state index in [2.05, 4.69) is 13.8 Å². The fourth-order valence-corrected chi connectivity index (χ4v) is 1.59. The number of benzene rings is 1. The standard InChI is InChI=1S/C14H20O3/c1-4-12(9-14(15)16)17-13-7-5-11(6-8-13)10(2)3/h5-8,10,12H,4,9H2,1-3H3,(H,15,16). The smallest absolute Gasteiger partial charge is 0.307 e. The topological polar surface area (TPSA) is 46.5 Å². The first-order valence-corrected chi connectivity index (χ1v) is 6.01. The SMILES string of the molecule is CCC(CC(=O)O)Oc1ccc(C(C)C)cc1. The van der Waals surface area contributed by atoms with E-state index in [1.165, 1.54) is 5.56 Å². The number of rotatable bonds is 6. The first kappa shape index (κ1) is 13.6. The molecule has 94 valence electrons. The predicted molar refractivity (Wildman–Crippen MR) is 67.5 cm³/mol. The van der Waals surface area contributed by atoms with Crippen molar-refractivity contribution in [3.63, 3.8) is 0 Å². The summed E-state index contributed by atoms with van der Waals surface area (Å²) >= 11 is 0. The maximum Gasteiger partial charge on any atom is 0.307 e. The highest BCUT2D eigenvalue weighted by atomic mass is 16.5. The Morgan fingerprint density at radius 2 is 1.88 bits per heavy atom. The fraction of sp³-hybridized carbons (Fsp3) is 0.500. The zero-order chi connectivity index (χ0) is 12.8. The van der Waals surface area contributed by atoms with Gasteiger partial charge in [0.05, 0.1) is 6.42 Å². The molecule has 0 aromatic heterocycles. The van der Waals surface area contributed by atoms with Gasteiger partial charge in [0.2, 0.25) is 0 Å². The Balaban J connectivity index is 2.64. The minimum Gasteiger partial charge on any atom is -0.490 e. The number of carboxylic acids is 1. The van der Waals surface area contributed by atoms with Gasteiger partial charge in [0, 0.05) is 0 Å². The Hall–Kier alpha value is -1.51. The molecule has 0 saturated heterocycles. The monoisotopic (exact) mass is 236 g/mol. The summed E-state index contributed by atoms with van der Waals surface area (Å²) in [6.07, 6.45) is 0.484. The van der Waals surface area contributed by atoms with Crippen LogP contribution >= 0.6 is 0 Å². The van der Waals surface area contributed by atoms with E-state index in [-0.39, 0.29) is 12.5 Å². The summed E-state index contributed by atoms with van der Waals surface area (Å²) in [6, 6.07) is 7.85. The van der Waals surface area contributed by atoms with Crippen molar-refractivity contribution in [2.24, 2.45) is 0 Å². The second-order valence-electron chi connectivity index (χ2n) is 4.47. The molecule has 0 bridgehead atoms. The summed E-state index contributed by atoms with van der Waals surface area (Å²) in [4.78, 5) is 10.6. The quantitative estimate of drug-likeness (QED) is 0.823. The molecule has 3 nitrogen and oxygen atoms in total. The van der Waals surface area contributed by atoms with Gasteiger partial charge in [-0.2, -0.15) is 0 Å². The summed E-state index contributed by atoms with van der Waals surface area (Å²) in [7, 11) is 0. The van der Waals surface area contributed by atoms with Crippen molar-refractivity contribution in [2.75, 3.05) is 0 Å². The number of carboxylic acid groups (broad SMARTS) is 1. The number of hydrogen-bond donors (Lipinski definition) is 1. The highest BCUT2D eigenvalue weighted by molar-refractivity contribution is 5.67. The van der Waals surface area contributed by atoms with Gasteiger partial charge in [0.15, 0.2) is 0 Å². The number of carbonyl (C=O) groups is 1. The molecule has 0 saturated carbocycles. The van der Waals surface area contributed by atoms with Gasteiger partial charge in [-0.15, -0.1) is 0 Å². The van der Waals surface area contributed by atoms with Crippen LogP contribution in [0.15, 0.2) is 24.3 Å². The van der Waals surface area contributed by atoms with Crippen LogP contribution in [0.5, 0.6) is 5.75 Å². The lowest BCUT2D eigenvalue weighted by atomic mass is 10.0. The first-order valence-electron chi connectivity index (χ1n) is 6.01. The molecule has 0 spiro atoms. The van der Waals surface area contributed by atoms with Gasteiger partial charge in [-0.3, -0.25) is 4.79 Å². The lowest BCUT2D eigenvalue weighted by Crippen LogP contribution is -2.19. The van der Waals surface area contributed by atoms with Gasteiger partial charge in [-0.1, -0.05) is 32.9 Å². The zero-order valence-corrected chi connectivity index (χ0v) is 10.6. The molecule has 0 fully saturated rings. The Bertz CT molecular complexity index is 354. The van der Waals surface area contributed by atoms with Gasteiger partial charge < -0.3 is 9.84 Å². The van der Waals surface area contributed by atoms with Gasteiger partial charge in [-0.05, 0) is 30.0 Å². The van der Waals surface area contributed by atoms with E-state index >= 15 is 0 Å². The van der Waals surface area contributed by atoms with E-state index in [0.29, 0.717) is 12.3 Å². The highest BCUT2D eigenvalue weighted by Crippen LogP contribution is 2.20. The van der Waals surface area contributed by atoms with Crippen molar-refractivity contribution < 1.29 is 14.6 Å². The van der Waals surface area contributed by atoms with E-state index in [1.54, 1.807) is 0 Å². The molecule has 1 unspecified atom stereocenters. The molecule has 0 heterocycles. The van der Waals surface area contributed by atoms with Crippen LogP contribution in [-0.4, -0.2) is 17.2 Å². The van der Waals surface area contributed by atoms with Crippen LogP contribution in [0.25, 0.3) is 0 Å². The molecule has 1 aromatic carbocycles. The molecule has 0 aliphatic carbocycles. The minimum absolute atomic E-state index is 0.0441. The third kappa shape index (κ3) is 4.47. The molecule has 1 atom stereocenters. The van der Waals surface area contributed by atoms with E-state index in [0.717, 1.165) is 5.75 Å². The Labute approximate surface area is 102 Å². The van der Waals surface area contributed by atoms with Crippen molar-refractivity contribution in [2.45, 2.75) is 45.6 Å². The second kappa shape index (κ2) is 6.28. The molecule has 1 rings (SSSR count). The Kier molecular flexibility index (Phi) is 5.01. The summed E-state index contributed by atoms with van der Waals surface area (Å²) in [6.45, 7) is 6.19. The molecular weight excluding hydrogens is 216 g/mol. The molecule has 0 amide bonds. The predicted octanol–water partition coefficient (Wildman–Crippen LogP) is 3.44. The molecule has 0 radical (unpaired) electrons. The number of hydrogen-bond acceptors (Lipinski definition) is 2. The maximum atomic E-state index is 10.6. The molecular formula is C14H20O3. The third-order valence-electron chi connectivity index (χ3n) is 2.71. The highest BCUT2D eigenvalue weighted by Gasteiger charge is 2.12.